The van der Waals surface area contributed by atoms with Crippen LogP contribution >= 0.6 is 11.8 Å². The van der Waals surface area contributed by atoms with Gasteiger partial charge in [0.05, 0.1) is 11.1 Å². The molecule has 17 heavy (non-hydrogen) atoms. The van der Waals surface area contributed by atoms with Gasteiger partial charge in [-0.15, -0.1) is 0 Å². The zero-order chi connectivity index (χ0) is 12.5. The van der Waals surface area contributed by atoms with E-state index >= 15 is 0 Å². The van der Waals surface area contributed by atoms with Crippen molar-refractivity contribution in [3.8, 4) is 0 Å². The molecule has 0 aromatic heterocycles. The molecule has 1 heterocycles. The van der Waals surface area contributed by atoms with Gasteiger partial charge >= 0.3 is 0 Å². The average Bonchev–Trinajstić information content (AvgIpc) is 2.30. The van der Waals surface area contributed by atoms with Crippen molar-refractivity contribution < 1.29 is 5.11 Å². The molecule has 0 aromatic carbocycles. The zero-order valence-corrected chi connectivity index (χ0v) is 12.1. The van der Waals surface area contributed by atoms with Crippen molar-refractivity contribution in [3.63, 3.8) is 0 Å². The van der Waals surface area contributed by atoms with E-state index in [2.05, 4.69) is 13.8 Å². The minimum Gasteiger partial charge on any atom is -0.388 e. The van der Waals surface area contributed by atoms with E-state index < -0.39 is 5.60 Å². The summed E-state index contributed by atoms with van der Waals surface area (Å²) in [5.41, 5.74) is 5.63. The Kier molecular flexibility index (Phi) is 4.11. The van der Waals surface area contributed by atoms with Gasteiger partial charge in [0.25, 0.3) is 0 Å². The second kappa shape index (κ2) is 5.10. The van der Waals surface area contributed by atoms with E-state index in [0.29, 0.717) is 11.8 Å². The van der Waals surface area contributed by atoms with Crippen LogP contribution in [0.2, 0.25) is 0 Å². The molecule has 2 rings (SSSR count). The van der Waals surface area contributed by atoms with Crippen LogP contribution in [0, 0.1) is 11.8 Å². The van der Waals surface area contributed by atoms with Gasteiger partial charge in [-0.05, 0) is 49.7 Å². The number of thioether (sulfide) groups is 1. The molecule has 1 saturated heterocycles. The van der Waals surface area contributed by atoms with Crippen molar-refractivity contribution in [2.24, 2.45) is 17.6 Å². The van der Waals surface area contributed by atoms with Gasteiger partial charge in [0.1, 0.15) is 0 Å². The van der Waals surface area contributed by atoms with Crippen molar-refractivity contribution in [2.75, 3.05) is 11.5 Å². The van der Waals surface area contributed by atoms with Crippen LogP contribution in [0.25, 0.3) is 0 Å². The molecule has 3 atom stereocenters. The molecule has 3 heteroatoms. The lowest BCUT2D eigenvalue weighted by atomic mass is 9.64. The maximum Gasteiger partial charge on any atom is 0.0837 e. The number of nitrogens with two attached hydrogens (primary N) is 1. The van der Waals surface area contributed by atoms with E-state index in [4.69, 9.17) is 5.73 Å². The third-order valence-electron chi connectivity index (χ3n) is 4.91. The summed E-state index contributed by atoms with van der Waals surface area (Å²) in [6.45, 7) is 4.55. The first kappa shape index (κ1) is 13.7. The first-order valence-electron chi connectivity index (χ1n) is 7.06. The monoisotopic (exact) mass is 257 g/mol. The van der Waals surface area contributed by atoms with Gasteiger partial charge in [-0.3, -0.25) is 0 Å². The molecule has 3 unspecified atom stereocenters. The minimum absolute atomic E-state index is 0.330. The van der Waals surface area contributed by atoms with E-state index in [1.54, 1.807) is 0 Å². The van der Waals surface area contributed by atoms with Crippen molar-refractivity contribution >= 4 is 11.8 Å². The Morgan fingerprint density at radius 1 is 1.29 bits per heavy atom. The molecule has 2 aliphatic rings. The number of hydrogen-bond acceptors (Lipinski definition) is 3. The molecule has 1 aliphatic heterocycles. The van der Waals surface area contributed by atoms with Crippen LogP contribution in [0.15, 0.2) is 0 Å². The molecule has 100 valence electrons. The van der Waals surface area contributed by atoms with Crippen molar-refractivity contribution in [2.45, 2.75) is 63.5 Å². The summed E-state index contributed by atoms with van der Waals surface area (Å²) in [6.07, 6.45) is 6.40. The molecule has 0 spiro atoms. The fourth-order valence-electron chi connectivity index (χ4n) is 3.50. The highest BCUT2D eigenvalue weighted by molar-refractivity contribution is 7.99. The molecule has 0 radical (unpaired) electrons. The average molecular weight is 257 g/mol. The minimum atomic E-state index is -0.604. The lowest BCUT2D eigenvalue weighted by Gasteiger charge is -2.51. The van der Waals surface area contributed by atoms with E-state index in [9.17, 15) is 5.11 Å². The highest BCUT2D eigenvalue weighted by Gasteiger charge is 2.50. The molecule has 3 N–H and O–H groups in total. The van der Waals surface area contributed by atoms with Crippen LogP contribution in [0.3, 0.4) is 0 Å². The Hall–Kier alpha value is 0.270. The largest absolute Gasteiger partial charge is 0.388 e. The number of hydrogen-bond donors (Lipinski definition) is 2. The number of aliphatic hydroxyl groups is 1. The quantitative estimate of drug-likeness (QED) is 0.799. The van der Waals surface area contributed by atoms with E-state index in [-0.39, 0.29) is 5.54 Å². The van der Waals surface area contributed by atoms with Crippen molar-refractivity contribution in [3.05, 3.63) is 0 Å². The molecule has 1 saturated carbocycles. The summed E-state index contributed by atoms with van der Waals surface area (Å²) in [5, 5.41) is 11.0. The molecule has 2 fully saturated rings. The Morgan fingerprint density at radius 2 is 2.06 bits per heavy atom. The highest BCUT2D eigenvalue weighted by Crippen LogP contribution is 2.45. The normalized spacial score (nSPS) is 43.9. The second-order valence-electron chi connectivity index (χ2n) is 6.44. The summed E-state index contributed by atoms with van der Waals surface area (Å²) >= 11 is 1.92. The van der Waals surface area contributed by atoms with Gasteiger partial charge in [-0.25, -0.2) is 0 Å². The Bertz CT molecular complexity index is 263. The summed E-state index contributed by atoms with van der Waals surface area (Å²) < 4.78 is 0. The molecule has 1 aliphatic carbocycles. The Morgan fingerprint density at radius 3 is 2.65 bits per heavy atom. The van der Waals surface area contributed by atoms with Gasteiger partial charge in [0.15, 0.2) is 0 Å². The van der Waals surface area contributed by atoms with Crippen LogP contribution in [0.4, 0.5) is 0 Å². The van der Waals surface area contributed by atoms with Crippen LogP contribution in [0.5, 0.6) is 0 Å². The first-order valence-corrected chi connectivity index (χ1v) is 8.21. The van der Waals surface area contributed by atoms with Crippen LogP contribution < -0.4 is 5.73 Å². The fraction of sp³-hybridized carbons (Fsp3) is 1.00. The summed E-state index contributed by atoms with van der Waals surface area (Å²) in [5.74, 6) is 3.47. The predicted octanol–water partition coefficient (Wildman–Crippen LogP) is 2.79. The second-order valence-corrected chi connectivity index (χ2v) is 7.55. The van der Waals surface area contributed by atoms with Crippen molar-refractivity contribution in [1.82, 2.24) is 0 Å². The number of rotatable bonds is 2. The standard InChI is InChI=1S/C14H27NOS/c1-11(2)12-5-3-7-14(16,9-12)13(15)6-4-8-17-10-13/h11-12,16H,3-10,15H2,1-2H3. The van der Waals surface area contributed by atoms with Gasteiger partial charge < -0.3 is 10.8 Å². The van der Waals surface area contributed by atoms with Gasteiger partial charge in [0, 0.05) is 5.75 Å². The molecule has 0 aromatic rings. The van der Waals surface area contributed by atoms with E-state index in [0.717, 1.165) is 37.9 Å². The summed E-state index contributed by atoms with van der Waals surface area (Å²) in [4.78, 5) is 0. The lowest BCUT2D eigenvalue weighted by Crippen LogP contribution is -2.65. The van der Waals surface area contributed by atoms with Gasteiger partial charge in [-0.1, -0.05) is 20.3 Å². The van der Waals surface area contributed by atoms with Crippen LogP contribution in [0.1, 0.15) is 52.4 Å². The summed E-state index contributed by atoms with van der Waals surface area (Å²) in [7, 11) is 0. The van der Waals surface area contributed by atoms with Gasteiger partial charge in [0.2, 0.25) is 0 Å². The zero-order valence-electron chi connectivity index (χ0n) is 11.2. The van der Waals surface area contributed by atoms with Crippen molar-refractivity contribution in [1.29, 1.82) is 0 Å². The van der Waals surface area contributed by atoms with E-state index in [1.807, 2.05) is 11.8 Å². The van der Waals surface area contributed by atoms with Crippen LogP contribution in [-0.2, 0) is 0 Å². The smallest absolute Gasteiger partial charge is 0.0837 e. The van der Waals surface area contributed by atoms with E-state index in [1.165, 1.54) is 12.2 Å². The third kappa shape index (κ3) is 2.66. The van der Waals surface area contributed by atoms with Gasteiger partial charge in [-0.2, -0.15) is 11.8 Å². The molecular weight excluding hydrogens is 230 g/mol. The summed E-state index contributed by atoms with van der Waals surface area (Å²) in [6, 6.07) is 0. The Balaban J connectivity index is 2.11. The molecule has 2 nitrogen and oxygen atoms in total. The predicted molar refractivity (Wildman–Crippen MR) is 75.2 cm³/mol. The first-order chi connectivity index (χ1) is 7.97. The maximum absolute atomic E-state index is 11.0. The third-order valence-corrected chi connectivity index (χ3v) is 6.20. The van der Waals surface area contributed by atoms with Crippen LogP contribution in [-0.4, -0.2) is 27.8 Å². The SMILES string of the molecule is CC(C)C1CCCC(O)(C2(N)CCCSC2)C1. The molecular formula is C14H27NOS. The lowest BCUT2D eigenvalue weighted by molar-refractivity contribution is -0.0808. The maximum atomic E-state index is 11.0. The topological polar surface area (TPSA) is 46.2 Å². The molecule has 0 amide bonds. The Labute approximate surface area is 110 Å². The highest BCUT2D eigenvalue weighted by atomic mass is 32.2. The fourth-order valence-corrected chi connectivity index (χ4v) is 4.77. The molecule has 0 bridgehead atoms.